The van der Waals surface area contributed by atoms with Crippen molar-refractivity contribution in [2.24, 2.45) is 0 Å². The lowest BCUT2D eigenvalue weighted by atomic mass is 9.96. The van der Waals surface area contributed by atoms with Crippen molar-refractivity contribution in [1.29, 1.82) is 10.5 Å². The van der Waals surface area contributed by atoms with Crippen molar-refractivity contribution in [2.45, 2.75) is 39.2 Å². The molecule has 3 aromatic rings. The molecule has 4 rings (SSSR count). The van der Waals surface area contributed by atoms with Gasteiger partial charge in [-0.1, -0.05) is 23.7 Å². The van der Waals surface area contributed by atoms with Crippen LogP contribution in [0, 0.1) is 26.2 Å². The number of carbonyl (C=O) groups is 1. The van der Waals surface area contributed by atoms with E-state index in [1.54, 1.807) is 12.1 Å². The number of amides is 1. The zero-order chi connectivity index (χ0) is 26.4. The number of fused-ring (bicyclic) bond motifs is 1. The monoisotopic (exact) mass is 643 g/mol. The number of nitrogens with zero attached hydrogens (tertiary/aromatic N) is 2. The first-order valence-corrected chi connectivity index (χ1v) is 14.0. The van der Waals surface area contributed by atoms with Gasteiger partial charge in [-0.3, -0.25) is 4.79 Å². The number of anilines is 1. The maximum atomic E-state index is 13.0. The summed E-state index contributed by atoms with van der Waals surface area (Å²) in [5, 5.41) is 23.0. The Bertz CT molecular complexity index is 1430. The predicted molar refractivity (Wildman–Crippen MR) is 154 cm³/mol. The lowest BCUT2D eigenvalue weighted by Gasteiger charge is -2.15. The summed E-state index contributed by atoms with van der Waals surface area (Å²) in [4.78, 5) is 14.1. The molecule has 9 heteroatoms. The SMILES string of the molecule is CCOc1cc(/C=C(\C#N)C(=O)Nc2sc3c(c2C#N)CCCC3)cc(Cl)c1OCc1ccc(I)cc1. The third kappa shape index (κ3) is 6.45. The average Bonchev–Trinajstić information content (AvgIpc) is 3.24. The van der Waals surface area contributed by atoms with Crippen LogP contribution >= 0.6 is 45.5 Å². The number of nitriles is 2. The Kier molecular flexibility index (Phi) is 9.09. The van der Waals surface area contributed by atoms with E-state index in [2.05, 4.69) is 34.0 Å². The zero-order valence-corrected chi connectivity index (χ0v) is 23.8. The minimum absolute atomic E-state index is 0.110. The molecule has 1 aliphatic carbocycles. The minimum Gasteiger partial charge on any atom is -0.490 e. The van der Waals surface area contributed by atoms with Gasteiger partial charge in [0.15, 0.2) is 11.5 Å². The number of benzene rings is 2. The largest absolute Gasteiger partial charge is 0.490 e. The number of thiophene rings is 1. The molecule has 2 aromatic carbocycles. The third-order valence-electron chi connectivity index (χ3n) is 5.81. The van der Waals surface area contributed by atoms with Gasteiger partial charge < -0.3 is 14.8 Å². The van der Waals surface area contributed by atoms with Crippen molar-refractivity contribution in [3.8, 4) is 23.6 Å². The van der Waals surface area contributed by atoms with Crippen molar-refractivity contribution in [1.82, 2.24) is 0 Å². The van der Waals surface area contributed by atoms with Gasteiger partial charge >= 0.3 is 0 Å². The number of aryl methyl sites for hydroxylation is 1. The third-order valence-corrected chi connectivity index (χ3v) is 8.02. The highest BCUT2D eigenvalue weighted by Crippen LogP contribution is 2.39. The standard InChI is InChI=1S/C28H23ClIN3O3S/c1-2-35-24-13-18(12-23(29)26(24)36-16-17-7-9-20(30)10-8-17)11-19(14-31)27(34)33-28-22(15-32)21-5-3-4-6-25(21)37-28/h7-13H,2-6,16H2,1H3,(H,33,34)/b19-11+. The zero-order valence-electron chi connectivity index (χ0n) is 20.1. The van der Waals surface area contributed by atoms with E-state index in [0.717, 1.165) is 45.3 Å². The first-order valence-electron chi connectivity index (χ1n) is 11.7. The van der Waals surface area contributed by atoms with Crippen LogP contribution < -0.4 is 14.8 Å². The highest BCUT2D eigenvalue weighted by atomic mass is 127. The Labute approximate surface area is 238 Å². The van der Waals surface area contributed by atoms with Gasteiger partial charge in [0.05, 0.1) is 17.2 Å². The average molecular weight is 644 g/mol. The number of halogens is 2. The number of rotatable bonds is 8. The van der Waals surface area contributed by atoms with Gasteiger partial charge in [0.1, 0.15) is 29.3 Å². The molecule has 188 valence electrons. The van der Waals surface area contributed by atoms with E-state index >= 15 is 0 Å². The molecular weight excluding hydrogens is 621 g/mol. The van der Waals surface area contributed by atoms with Crippen molar-refractivity contribution in [3.63, 3.8) is 0 Å². The number of nitrogens with one attached hydrogen (secondary N) is 1. The van der Waals surface area contributed by atoms with Gasteiger partial charge in [0, 0.05) is 8.45 Å². The van der Waals surface area contributed by atoms with Crippen LogP contribution in [0.4, 0.5) is 5.00 Å². The molecule has 1 heterocycles. The predicted octanol–water partition coefficient (Wildman–Crippen LogP) is 7.28. The van der Waals surface area contributed by atoms with Gasteiger partial charge in [-0.25, -0.2) is 0 Å². The van der Waals surface area contributed by atoms with E-state index in [4.69, 9.17) is 21.1 Å². The van der Waals surface area contributed by atoms with Crippen LogP contribution in [0.1, 0.15) is 46.9 Å². The normalized spacial score (nSPS) is 12.7. The maximum Gasteiger partial charge on any atom is 0.266 e. The first kappa shape index (κ1) is 27.0. The van der Waals surface area contributed by atoms with Crippen LogP contribution in [0.2, 0.25) is 5.02 Å². The van der Waals surface area contributed by atoms with Crippen molar-refractivity contribution < 1.29 is 14.3 Å². The first-order chi connectivity index (χ1) is 17.9. The summed E-state index contributed by atoms with van der Waals surface area (Å²) >= 11 is 10.2. The van der Waals surface area contributed by atoms with Gasteiger partial charge in [-0.05, 0) is 102 Å². The second-order valence-electron chi connectivity index (χ2n) is 8.33. The summed E-state index contributed by atoms with van der Waals surface area (Å²) in [6.07, 6.45) is 5.29. The lowest BCUT2D eigenvalue weighted by molar-refractivity contribution is -0.112. The summed E-state index contributed by atoms with van der Waals surface area (Å²) < 4.78 is 12.9. The Balaban J connectivity index is 1.57. The summed E-state index contributed by atoms with van der Waals surface area (Å²) in [6.45, 7) is 2.54. The molecule has 0 saturated carbocycles. The van der Waals surface area contributed by atoms with Crippen molar-refractivity contribution >= 4 is 62.5 Å². The molecule has 0 fully saturated rings. The number of hydrogen-bond donors (Lipinski definition) is 1. The Morgan fingerprint density at radius 3 is 2.65 bits per heavy atom. The van der Waals surface area contributed by atoms with E-state index in [1.165, 1.54) is 17.4 Å². The quantitative estimate of drug-likeness (QED) is 0.158. The smallest absolute Gasteiger partial charge is 0.266 e. The van der Waals surface area contributed by atoms with Crippen LogP contribution in [-0.2, 0) is 24.2 Å². The summed E-state index contributed by atoms with van der Waals surface area (Å²) in [5.74, 6) is 0.234. The number of carbonyl (C=O) groups excluding carboxylic acids is 1. The molecule has 0 bridgehead atoms. The fourth-order valence-electron chi connectivity index (χ4n) is 4.07. The Hall–Kier alpha value is -3.05. The summed E-state index contributed by atoms with van der Waals surface area (Å²) in [7, 11) is 0. The molecular formula is C28H23ClIN3O3S. The Morgan fingerprint density at radius 1 is 1.19 bits per heavy atom. The van der Waals surface area contributed by atoms with E-state index in [0.29, 0.717) is 45.9 Å². The maximum absolute atomic E-state index is 13.0. The molecule has 37 heavy (non-hydrogen) atoms. The molecule has 1 N–H and O–H groups in total. The summed E-state index contributed by atoms with van der Waals surface area (Å²) in [6, 6.07) is 15.5. The van der Waals surface area contributed by atoms with Crippen molar-refractivity contribution in [3.05, 3.63) is 77.7 Å². The molecule has 0 spiro atoms. The minimum atomic E-state index is -0.578. The topological polar surface area (TPSA) is 95.1 Å². The molecule has 1 aromatic heterocycles. The van der Waals surface area contributed by atoms with Crippen molar-refractivity contribution in [2.75, 3.05) is 11.9 Å². The molecule has 0 radical (unpaired) electrons. The number of hydrogen-bond acceptors (Lipinski definition) is 6. The van der Waals surface area contributed by atoms with Crippen LogP contribution in [0.15, 0.2) is 42.0 Å². The molecule has 0 unspecified atom stereocenters. The van der Waals surface area contributed by atoms with Crippen LogP contribution in [0.3, 0.4) is 0 Å². The van der Waals surface area contributed by atoms with Gasteiger partial charge in [0.2, 0.25) is 0 Å². The molecule has 0 aliphatic heterocycles. The molecule has 1 aliphatic rings. The van der Waals surface area contributed by atoms with Gasteiger partial charge in [0.25, 0.3) is 5.91 Å². The second-order valence-corrected chi connectivity index (χ2v) is 11.1. The van der Waals surface area contributed by atoms with Crippen LogP contribution in [0.5, 0.6) is 11.5 Å². The highest BCUT2D eigenvalue weighted by molar-refractivity contribution is 14.1. The van der Waals surface area contributed by atoms with E-state index in [-0.39, 0.29) is 5.57 Å². The van der Waals surface area contributed by atoms with E-state index in [9.17, 15) is 15.3 Å². The van der Waals surface area contributed by atoms with E-state index in [1.807, 2.05) is 37.3 Å². The van der Waals surface area contributed by atoms with E-state index < -0.39 is 5.91 Å². The van der Waals surface area contributed by atoms with Crippen LogP contribution in [-0.4, -0.2) is 12.5 Å². The fraction of sp³-hybridized carbons (Fsp3) is 0.250. The molecule has 0 saturated heterocycles. The molecule has 1 amide bonds. The lowest BCUT2D eigenvalue weighted by Crippen LogP contribution is -2.13. The second kappa shape index (κ2) is 12.5. The van der Waals surface area contributed by atoms with Gasteiger partial charge in [-0.2, -0.15) is 10.5 Å². The molecule has 0 atom stereocenters. The fourth-order valence-corrected chi connectivity index (χ4v) is 5.94. The molecule has 6 nitrogen and oxygen atoms in total. The number of ether oxygens (including phenoxy) is 2. The highest BCUT2D eigenvalue weighted by Gasteiger charge is 2.23. The van der Waals surface area contributed by atoms with Gasteiger partial charge in [-0.15, -0.1) is 11.3 Å². The Morgan fingerprint density at radius 2 is 1.95 bits per heavy atom. The summed E-state index contributed by atoms with van der Waals surface area (Å²) in [5.41, 5.74) is 2.92. The van der Waals surface area contributed by atoms with Crippen LogP contribution in [0.25, 0.3) is 6.08 Å².